The third kappa shape index (κ3) is 12.1. The van der Waals surface area contributed by atoms with Crippen molar-refractivity contribution in [1.82, 2.24) is 43.2 Å². The number of para-hydroxylation sites is 4. The van der Waals surface area contributed by atoms with E-state index in [-0.39, 0.29) is 0 Å². The van der Waals surface area contributed by atoms with Crippen LogP contribution in [0.4, 0.5) is 0 Å². The fourth-order valence-corrected chi connectivity index (χ4v) is 17.5. The van der Waals surface area contributed by atoms with Crippen LogP contribution >= 0.6 is 0 Å². The van der Waals surface area contributed by atoms with Gasteiger partial charge in [0.2, 0.25) is 5.95 Å². The van der Waals surface area contributed by atoms with Crippen molar-refractivity contribution in [3.05, 3.63) is 418 Å². The minimum absolute atomic E-state index is 0.583. The highest BCUT2D eigenvalue weighted by Gasteiger charge is 2.23. The van der Waals surface area contributed by atoms with E-state index in [0.29, 0.717) is 23.4 Å². The largest absolute Gasteiger partial charge is 0.309 e. The average Bonchev–Trinajstić information content (AvgIpc) is 1.58. The molecule has 0 saturated carbocycles. The zero-order chi connectivity index (χ0) is 77.4. The molecule has 9 heteroatoms. The van der Waals surface area contributed by atoms with E-state index in [2.05, 4.69) is 341 Å². The highest BCUT2D eigenvalue weighted by atomic mass is 15.2. The van der Waals surface area contributed by atoms with Crippen LogP contribution in [0.1, 0.15) is 5.56 Å². The van der Waals surface area contributed by atoms with E-state index in [1.807, 2.05) is 97.1 Å². The van der Waals surface area contributed by atoms with Gasteiger partial charge in [0, 0.05) is 88.0 Å². The van der Waals surface area contributed by atoms with Crippen LogP contribution in [-0.4, -0.2) is 43.2 Å². The van der Waals surface area contributed by atoms with Crippen molar-refractivity contribution in [3.8, 4) is 113 Å². The van der Waals surface area contributed by atoms with Gasteiger partial charge in [-0.05, 0) is 166 Å². The lowest BCUT2D eigenvalue weighted by Gasteiger charge is -2.12. The molecular formula is C108H71N9. The highest BCUT2D eigenvalue weighted by Crippen LogP contribution is 2.44. The summed E-state index contributed by atoms with van der Waals surface area (Å²) in [5.41, 5.74) is 27.7. The highest BCUT2D eigenvalue weighted by molar-refractivity contribution is 6.22. The number of aromatic nitrogens is 9. The quantitative estimate of drug-likeness (QED) is 0.122. The zero-order valence-corrected chi connectivity index (χ0v) is 63.8. The smallest absolute Gasteiger partial charge is 0.238 e. The fraction of sp³-hybridized carbons (Fsp3) is 0.00926. The van der Waals surface area contributed by atoms with Gasteiger partial charge in [0.15, 0.2) is 17.5 Å². The van der Waals surface area contributed by atoms with Gasteiger partial charge in [0.25, 0.3) is 0 Å². The maximum Gasteiger partial charge on any atom is 0.238 e. The number of hydrogen-bond acceptors (Lipinski definition) is 5. The normalized spacial score (nSPS) is 11.6. The van der Waals surface area contributed by atoms with Crippen molar-refractivity contribution in [2.24, 2.45) is 0 Å². The van der Waals surface area contributed by atoms with Gasteiger partial charge in [-0.1, -0.05) is 303 Å². The van der Waals surface area contributed by atoms with E-state index < -0.39 is 0 Å². The van der Waals surface area contributed by atoms with E-state index in [1.165, 1.54) is 110 Å². The van der Waals surface area contributed by atoms with E-state index in [9.17, 15) is 0 Å². The molecule has 0 aliphatic heterocycles. The summed E-state index contributed by atoms with van der Waals surface area (Å²) in [7, 11) is 0. The van der Waals surface area contributed by atoms with Crippen LogP contribution in [-0.2, 0) is 0 Å². The van der Waals surface area contributed by atoms with Crippen molar-refractivity contribution in [2.45, 2.75) is 6.92 Å². The summed E-state index contributed by atoms with van der Waals surface area (Å²) in [5.74, 6) is 2.56. The van der Waals surface area contributed by atoms with Gasteiger partial charge in [-0.15, -0.1) is 0 Å². The third-order valence-electron chi connectivity index (χ3n) is 22.9. The molecule has 0 amide bonds. The first-order valence-corrected chi connectivity index (χ1v) is 39.7. The van der Waals surface area contributed by atoms with Crippen LogP contribution in [0.2, 0.25) is 0 Å². The van der Waals surface area contributed by atoms with Crippen LogP contribution in [0.15, 0.2) is 413 Å². The molecule has 9 nitrogen and oxygen atoms in total. The van der Waals surface area contributed by atoms with Gasteiger partial charge in [0.1, 0.15) is 0 Å². The van der Waals surface area contributed by atoms with Crippen molar-refractivity contribution in [1.29, 1.82) is 0 Å². The van der Waals surface area contributed by atoms with Crippen molar-refractivity contribution >= 4 is 98.0 Å². The van der Waals surface area contributed by atoms with Gasteiger partial charge in [-0.3, -0.25) is 4.57 Å². The lowest BCUT2D eigenvalue weighted by atomic mass is 9.99. The fourth-order valence-electron chi connectivity index (χ4n) is 17.5. The van der Waals surface area contributed by atoms with Crippen molar-refractivity contribution < 1.29 is 0 Å². The summed E-state index contributed by atoms with van der Waals surface area (Å²) >= 11 is 0. The molecular weight excluding hydrogens is 1420 g/mol. The van der Waals surface area contributed by atoms with E-state index in [1.54, 1.807) is 0 Å². The molecule has 0 radical (unpaired) electrons. The number of nitrogens with zero attached hydrogens (tertiary/aromatic N) is 9. The van der Waals surface area contributed by atoms with Gasteiger partial charge >= 0.3 is 0 Å². The molecule has 0 aliphatic carbocycles. The summed E-state index contributed by atoms with van der Waals surface area (Å²) in [6.45, 7) is 2.15. The molecule has 6 aromatic heterocycles. The Labute approximate surface area is 674 Å². The van der Waals surface area contributed by atoms with Crippen molar-refractivity contribution in [2.75, 3.05) is 0 Å². The lowest BCUT2D eigenvalue weighted by molar-refractivity contribution is 0.953. The predicted molar refractivity (Wildman–Crippen MR) is 485 cm³/mol. The number of fused-ring (bicyclic) bond motifs is 14. The van der Waals surface area contributed by atoms with Gasteiger partial charge < -0.3 is 13.7 Å². The third-order valence-corrected chi connectivity index (χ3v) is 22.9. The average molecular weight is 1490 g/mol. The Morgan fingerprint density at radius 3 is 1.03 bits per heavy atom. The second kappa shape index (κ2) is 28.5. The summed E-state index contributed by atoms with van der Waals surface area (Å²) < 4.78 is 9.35. The van der Waals surface area contributed by atoms with Crippen LogP contribution in [0.25, 0.3) is 211 Å². The molecule has 23 rings (SSSR count). The molecule has 0 N–H and O–H groups in total. The zero-order valence-electron chi connectivity index (χ0n) is 63.8. The summed E-state index contributed by atoms with van der Waals surface area (Å²) in [4.78, 5) is 25.3. The van der Waals surface area contributed by atoms with Gasteiger partial charge in [-0.25, -0.2) is 15.0 Å². The maximum absolute atomic E-state index is 5.13. The van der Waals surface area contributed by atoms with Crippen LogP contribution in [0.3, 0.4) is 0 Å². The first-order valence-electron chi connectivity index (χ1n) is 39.7. The van der Waals surface area contributed by atoms with E-state index in [4.69, 9.17) is 24.9 Å². The molecule has 17 aromatic carbocycles. The molecule has 0 fully saturated rings. The molecule has 0 bridgehead atoms. The number of aryl methyl sites for hydroxylation is 1. The Hall–Kier alpha value is -15.7. The maximum atomic E-state index is 5.13. The van der Waals surface area contributed by atoms with Crippen LogP contribution < -0.4 is 0 Å². The van der Waals surface area contributed by atoms with Crippen molar-refractivity contribution in [3.63, 3.8) is 0 Å². The number of rotatable bonds is 12. The van der Waals surface area contributed by atoms with E-state index in [0.717, 1.165) is 83.5 Å². The first kappa shape index (κ1) is 68.1. The number of hydrogen-bond donors (Lipinski definition) is 0. The van der Waals surface area contributed by atoms with Gasteiger partial charge in [0.05, 0.1) is 55.5 Å². The summed E-state index contributed by atoms with van der Waals surface area (Å²) in [5, 5.41) is 12.2. The Balaban J connectivity index is 0.000000142. The topological polar surface area (TPSA) is 84.2 Å². The Kier molecular flexibility index (Phi) is 16.6. The second-order valence-electron chi connectivity index (χ2n) is 30.0. The molecule has 6 heterocycles. The minimum atomic E-state index is 0.583. The Morgan fingerprint density at radius 2 is 0.513 bits per heavy atom. The standard InChI is InChI=1S/C56H37N5.C52H34N4/c1-36-14-12-20-40(32-36)41-21-13-22-44(33-41)60-51-30-28-43(35-48(51)53-45-23-9-8-15-37(45)26-31-52(53)60)42-27-29-50-47(34-42)46-24-10-11-25-49(46)61(50)56-58-54(38-16-4-2-5-17-38)57-55(59-56)39-18-6-3-7-19-39;1-4-14-35(15-5-1)46-34-47(54-52(53-46)37-16-6-2-7-17-37)36-24-28-41(29-25-36)56-49-23-13-11-21-43(49)45-33-39(27-31-51(45)56)38-26-30-50-44(32-38)42-20-10-12-22-48(42)55(50)40-18-8-3-9-19-40/h2-35H,1H3;1-34H. The van der Waals surface area contributed by atoms with Gasteiger partial charge in [-0.2, -0.15) is 9.97 Å². The predicted octanol–water partition coefficient (Wildman–Crippen LogP) is 27.5. The second-order valence-corrected chi connectivity index (χ2v) is 30.0. The minimum Gasteiger partial charge on any atom is -0.309 e. The summed E-state index contributed by atoms with van der Waals surface area (Å²) in [6, 6.07) is 147. The first-order chi connectivity index (χ1) is 57.9. The molecule has 0 unspecified atom stereocenters. The molecule has 0 aliphatic rings. The Bertz CT molecular complexity index is 7680. The monoisotopic (exact) mass is 1490 g/mol. The molecule has 0 saturated heterocycles. The van der Waals surface area contributed by atoms with Crippen LogP contribution in [0, 0.1) is 6.92 Å². The molecule has 23 aromatic rings. The van der Waals surface area contributed by atoms with Crippen LogP contribution in [0.5, 0.6) is 0 Å². The SMILES string of the molecule is Cc1cccc(-c2cccc(-n3c4ccc(-c5ccc6c(c5)c5ccccc5n6-c5nc(-c6ccccc6)nc(-c6ccccc6)n5)cc4c4c5ccccc5ccc43)c2)c1.c1ccc(-c2cc(-c3ccc(-n4c5ccccc5c5cc(-c6ccc7c(c6)c6ccccc6n7-c6ccccc6)ccc54)cc3)nc(-c3ccccc3)n2)cc1. The molecule has 548 valence electrons. The molecule has 0 spiro atoms. The lowest BCUT2D eigenvalue weighted by Crippen LogP contribution is -2.06. The number of benzene rings is 17. The van der Waals surface area contributed by atoms with E-state index >= 15 is 0 Å². The molecule has 0 atom stereocenters. The Morgan fingerprint density at radius 1 is 0.179 bits per heavy atom. The summed E-state index contributed by atoms with van der Waals surface area (Å²) in [6.07, 6.45) is 0. The molecule has 117 heavy (non-hydrogen) atoms.